The predicted octanol–water partition coefficient (Wildman–Crippen LogP) is 3.28. The molecule has 3 heterocycles. The Morgan fingerprint density at radius 1 is 1.00 bits per heavy atom. The van der Waals surface area contributed by atoms with Gasteiger partial charge in [0.15, 0.2) is 0 Å². The van der Waals surface area contributed by atoms with Crippen LogP contribution in [0.5, 0.6) is 5.75 Å². The minimum absolute atomic E-state index is 0.203. The van der Waals surface area contributed by atoms with Gasteiger partial charge in [0.25, 0.3) is 0 Å². The summed E-state index contributed by atoms with van der Waals surface area (Å²) in [6, 6.07) is 16.2. The lowest BCUT2D eigenvalue weighted by molar-refractivity contribution is -0.144. The molecule has 35 heavy (non-hydrogen) atoms. The van der Waals surface area contributed by atoms with Gasteiger partial charge in [-0.15, -0.1) is 0 Å². The number of carbonyl (C=O) groups excluding carboxylic acids is 3. The van der Waals surface area contributed by atoms with E-state index in [1.54, 1.807) is 38.3 Å². The van der Waals surface area contributed by atoms with E-state index < -0.39 is 23.1 Å². The number of amides is 2. The van der Waals surface area contributed by atoms with E-state index in [9.17, 15) is 19.2 Å². The molecule has 8 nitrogen and oxygen atoms in total. The van der Waals surface area contributed by atoms with Crippen LogP contribution in [0.1, 0.15) is 23.3 Å². The van der Waals surface area contributed by atoms with Crippen molar-refractivity contribution in [2.45, 2.75) is 29.7 Å². The van der Waals surface area contributed by atoms with E-state index in [1.807, 2.05) is 30.3 Å². The maximum Gasteiger partial charge on any atom is 0.326 e. The van der Waals surface area contributed by atoms with Gasteiger partial charge < -0.3 is 9.47 Å². The molecule has 1 saturated heterocycles. The van der Waals surface area contributed by atoms with Gasteiger partial charge in [0.1, 0.15) is 17.5 Å². The average Bonchev–Trinajstić information content (AvgIpc) is 3.31. The topological polar surface area (TPSA) is 94.9 Å². The number of thiazole rings is 1. The van der Waals surface area contributed by atoms with Crippen LogP contribution in [-0.2, 0) is 25.7 Å². The fourth-order valence-corrected chi connectivity index (χ4v) is 7.37. The number of esters is 1. The number of imide groups is 1. The number of methoxy groups -OCH3 is 1. The van der Waals surface area contributed by atoms with Crippen LogP contribution in [0.4, 0.5) is 5.69 Å². The summed E-state index contributed by atoms with van der Waals surface area (Å²) in [5, 5.41) is -0.189. The second-order valence-electron chi connectivity index (χ2n) is 8.09. The molecule has 180 valence electrons. The monoisotopic (exact) mass is 510 g/mol. The predicted molar refractivity (Wildman–Crippen MR) is 132 cm³/mol. The first-order valence-corrected chi connectivity index (χ1v) is 12.8. The highest BCUT2D eigenvalue weighted by Crippen LogP contribution is 2.53. The number of thioether (sulfide) groups is 1. The zero-order valence-corrected chi connectivity index (χ0v) is 20.6. The standard InChI is InChI=1S/C25H22N2O6S2/c1-3-33-17(28)13-26-24-21(35-25(26)31)18(14-7-5-4-6-8-14)19-20(34-24)23(30)27(22(19)29)15-9-11-16(32-2)12-10-15/h4-12,18-20H,3,13H2,1-2H3/t18-,19?,20?/m1/s1. The molecule has 1 aromatic heterocycles. The number of aromatic nitrogens is 1. The summed E-state index contributed by atoms with van der Waals surface area (Å²) in [4.78, 5) is 54.1. The Hall–Kier alpha value is -3.37. The number of benzene rings is 2. The minimum atomic E-state index is -0.732. The van der Waals surface area contributed by atoms with E-state index in [4.69, 9.17) is 9.47 Å². The zero-order chi connectivity index (χ0) is 24.7. The Morgan fingerprint density at radius 2 is 1.71 bits per heavy atom. The summed E-state index contributed by atoms with van der Waals surface area (Å²) in [5.41, 5.74) is 1.31. The summed E-state index contributed by atoms with van der Waals surface area (Å²) < 4.78 is 11.6. The molecule has 2 aromatic carbocycles. The Labute approximate surface area is 209 Å². The molecule has 0 bridgehead atoms. The Kier molecular flexibility index (Phi) is 6.24. The molecule has 2 aliphatic heterocycles. The summed E-state index contributed by atoms with van der Waals surface area (Å²) in [7, 11) is 1.55. The Morgan fingerprint density at radius 3 is 2.37 bits per heavy atom. The molecule has 2 amide bonds. The van der Waals surface area contributed by atoms with E-state index in [0.717, 1.165) is 16.9 Å². The molecule has 10 heteroatoms. The van der Waals surface area contributed by atoms with Crippen LogP contribution in [0.3, 0.4) is 0 Å². The van der Waals surface area contributed by atoms with E-state index >= 15 is 0 Å². The van der Waals surface area contributed by atoms with Crippen molar-refractivity contribution in [2.24, 2.45) is 5.92 Å². The van der Waals surface area contributed by atoms with Gasteiger partial charge in [0.05, 0.1) is 30.3 Å². The minimum Gasteiger partial charge on any atom is -0.497 e. The van der Waals surface area contributed by atoms with Crippen molar-refractivity contribution in [3.63, 3.8) is 0 Å². The van der Waals surface area contributed by atoms with Crippen LogP contribution in [0.25, 0.3) is 0 Å². The normalized spacial score (nSPS) is 21.0. The largest absolute Gasteiger partial charge is 0.497 e. The van der Waals surface area contributed by atoms with Crippen molar-refractivity contribution in [3.8, 4) is 5.75 Å². The third-order valence-corrected chi connectivity index (χ3v) is 8.73. The molecular weight excluding hydrogens is 488 g/mol. The van der Waals surface area contributed by atoms with E-state index in [0.29, 0.717) is 21.3 Å². The molecule has 5 rings (SSSR count). The molecule has 0 N–H and O–H groups in total. The first kappa shape index (κ1) is 23.4. The number of hydrogen-bond donors (Lipinski definition) is 0. The third kappa shape index (κ3) is 3.96. The molecule has 3 atom stereocenters. The van der Waals surface area contributed by atoms with Crippen LogP contribution >= 0.6 is 23.1 Å². The second kappa shape index (κ2) is 9.35. The molecular formula is C25H22N2O6S2. The zero-order valence-electron chi connectivity index (χ0n) is 19.0. The number of nitrogens with zero attached hydrogens (tertiary/aromatic N) is 2. The van der Waals surface area contributed by atoms with Crippen molar-refractivity contribution in [1.29, 1.82) is 0 Å². The van der Waals surface area contributed by atoms with Crippen molar-refractivity contribution in [1.82, 2.24) is 4.57 Å². The summed E-state index contributed by atoms with van der Waals surface area (Å²) in [5.74, 6) is -1.73. The van der Waals surface area contributed by atoms with Crippen molar-refractivity contribution in [2.75, 3.05) is 18.6 Å². The lowest BCUT2D eigenvalue weighted by atomic mass is 9.83. The van der Waals surface area contributed by atoms with Gasteiger partial charge in [-0.2, -0.15) is 0 Å². The van der Waals surface area contributed by atoms with Gasteiger partial charge in [-0.05, 0) is 36.8 Å². The molecule has 0 radical (unpaired) electrons. The fraction of sp³-hybridized carbons (Fsp3) is 0.280. The van der Waals surface area contributed by atoms with Crippen LogP contribution in [0.15, 0.2) is 64.4 Å². The van der Waals surface area contributed by atoms with Crippen LogP contribution in [0.2, 0.25) is 0 Å². The maximum atomic E-state index is 13.8. The van der Waals surface area contributed by atoms with Gasteiger partial charge in [-0.1, -0.05) is 53.4 Å². The van der Waals surface area contributed by atoms with Gasteiger partial charge in [0, 0.05) is 10.8 Å². The molecule has 0 saturated carbocycles. The Balaban J connectivity index is 1.61. The molecule has 0 aliphatic carbocycles. The first-order chi connectivity index (χ1) is 16.9. The second-order valence-corrected chi connectivity index (χ2v) is 10.2. The number of ether oxygens (including phenoxy) is 2. The lowest BCUT2D eigenvalue weighted by Crippen LogP contribution is -2.32. The highest BCUT2D eigenvalue weighted by atomic mass is 32.2. The van der Waals surface area contributed by atoms with Gasteiger partial charge in [-0.3, -0.25) is 23.7 Å². The highest BCUT2D eigenvalue weighted by Gasteiger charge is 2.56. The number of hydrogen-bond acceptors (Lipinski definition) is 8. The lowest BCUT2D eigenvalue weighted by Gasteiger charge is -2.30. The van der Waals surface area contributed by atoms with Gasteiger partial charge in [-0.25, -0.2) is 4.90 Å². The molecule has 1 fully saturated rings. The summed E-state index contributed by atoms with van der Waals surface area (Å²) >= 11 is 2.19. The van der Waals surface area contributed by atoms with E-state index in [-0.39, 0.29) is 29.8 Å². The number of rotatable bonds is 6. The number of fused-ring (bicyclic) bond motifs is 2. The Bertz CT molecular complexity index is 1350. The average molecular weight is 511 g/mol. The fourth-order valence-electron chi connectivity index (χ4n) is 4.60. The first-order valence-electron chi connectivity index (χ1n) is 11.1. The maximum absolute atomic E-state index is 13.8. The molecule has 2 aliphatic rings. The van der Waals surface area contributed by atoms with Crippen molar-refractivity contribution in [3.05, 3.63) is 74.7 Å². The highest BCUT2D eigenvalue weighted by molar-refractivity contribution is 8.00. The quantitative estimate of drug-likeness (QED) is 0.371. The number of carbonyl (C=O) groups is 3. The summed E-state index contributed by atoms with van der Waals surface area (Å²) in [6.45, 7) is 1.66. The molecule has 3 aromatic rings. The molecule has 0 spiro atoms. The van der Waals surface area contributed by atoms with Crippen LogP contribution in [-0.4, -0.2) is 41.3 Å². The van der Waals surface area contributed by atoms with E-state index in [2.05, 4.69) is 0 Å². The number of anilines is 1. The van der Waals surface area contributed by atoms with Gasteiger partial charge >= 0.3 is 10.8 Å². The van der Waals surface area contributed by atoms with E-state index in [1.165, 1.54) is 21.2 Å². The van der Waals surface area contributed by atoms with Gasteiger partial charge in [0.2, 0.25) is 11.8 Å². The van der Waals surface area contributed by atoms with Crippen LogP contribution < -0.4 is 14.5 Å². The van der Waals surface area contributed by atoms with Crippen molar-refractivity contribution < 1.29 is 23.9 Å². The SMILES string of the molecule is CCOC(=O)Cn1c2c(sc1=O)[C@H](c1ccccc1)C1C(=O)N(c3ccc(OC)cc3)C(=O)C1S2. The summed E-state index contributed by atoms with van der Waals surface area (Å²) in [6.07, 6.45) is 0. The van der Waals surface area contributed by atoms with Crippen LogP contribution in [0, 0.1) is 5.92 Å². The smallest absolute Gasteiger partial charge is 0.326 e. The third-order valence-electron chi connectivity index (χ3n) is 6.13. The molecule has 2 unspecified atom stereocenters. The van der Waals surface area contributed by atoms with Crippen molar-refractivity contribution >= 4 is 46.6 Å².